The van der Waals surface area contributed by atoms with Crippen molar-refractivity contribution in [2.45, 2.75) is 13.5 Å². The number of alkyl carbamates (subject to hydrolysis) is 1. The van der Waals surface area contributed by atoms with Crippen LogP contribution in [0.25, 0.3) is 0 Å². The van der Waals surface area contributed by atoms with Crippen LogP contribution in [0.2, 0.25) is 0 Å². The van der Waals surface area contributed by atoms with Crippen molar-refractivity contribution >= 4 is 6.09 Å². The van der Waals surface area contributed by atoms with E-state index in [0.29, 0.717) is 12.4 Å². The average Bonchev–Trinajstić information content (AvgIpc) is 2.63. The van der Waals surface area contributed by atoms with Crippen molar-refractivity contribution in [2.24, 2.45) is 0 Å². The second-order valence-corrected chi connectivity index (χ2v) is 2.45. The van der Waals surface area contributed by atoms with Crippen LogP contribution in [-0.2, 0) is 11.3 Å². The van der Waals surface area contributed by atoms with Crippen LogP contribution < -0.4 is 5.32 Å². The van der Waals surface area contributed by atoms with Gasteiger partial charge in [-0.3, -0.25) is 0 Å². The van der Waals surface area contributed by atoms with E-state index in [0.717, 1.165) is 0 Å². The van der Waals surface area contributed by atoms with E-state index in [2.05, 4.69) is 15.3 Å². The molecule has 14 heavy (non-hydrogen) atoms. The van der Waals surface area contributed by atoms with Crippen molar-refractivity contribution in [2.75, 3.05) is 6.54 Å². The van der Waals surface area contributed by atoms with E-state index < -0.39 is 6.09 Å². The maximum absolute atomic E-state index is 10.9. The molecule has 0 aromatic carbocycles. The fourth-order valence-corrected chi connectivity index (χ4v) is 0.822. The first-order valence-corrected chi connectivity index (χ1v) is 4.11. The molecule has 1 aromatic rings. The molecule has 0 saturated heterocycles. The summed E-state index contributed by atoms with van der Waals surface area (Å²) in [4.78, 5) is 17.4. The van der Waals surface area contributed by atoms with E-state index in [1.54, 1.807) is 6.92 Å². The number of nitriles is 1. The molecular formula is C8H10N4O2. The van der Waals surface area contributed by atoms with Crippen LogP contribution in [0.15, 0.2) is 6.20 Å². The van der Waals surface area contributed by atoms with Crippen LogP contribution in [0, 0.1) is 11.3 Å². The van der Waals surface area contributed by atoms with Gasteiger partial charge in [-0.05, 0) is 6.92 Å². The molecule has 0 unspecified atom stereocenters. The van der Waals surface area contributed by atoms with E-state index in [1.165, 1.54) is 6.20 Å². The zero-order chi connectivity index (χ0) is 10.4. The predicted octanol–water partition coefficient (Wildman–Crippen LogP) is 0.527. The third kappa shape index (κ3) is 2.79. The van der Waals surface area contributed by atoms with Crippen LogP contribution >= 0.6 is 0 Å². The Morgan fingerprint density at radius 3 is 3.21 bits per heavy atom. The van der Waals surface area contributed by atoms with Gasteiger partial charge in [-0.2, -0.15) is 5.26 Å². The number of hydrogen-bond acceptors (Lipinski definition) is 4. The standard InChI is InChI=1S/C8H10N4O2/c1-2-10-8(13)14-5-7-11-4-6(3-9)12-7/h4H,2,5H2,1H3,(H,10,13)(H,11,12). The van der Waals surface area contributed by atoms with Crippen LogP contribution in [0.3, 0.4) is 0 Å². The first kappa shape index (κ1) is 10.1. The summed E-state index contributed by atoms with van der Waals surface area (Å²) in [6.45, 7) is 2.34. The van der Waals surface area contributed by atoms with E-state index in [4.69, 9.17) is 10.00 Å². The zero-order valence-corrected chi connectivity index (χ0v) is 7.70. The molecule has 1 amide bonds. The maximum Gasteiger partial charge on any atom is 0.407 e. The minimum absolute atomic E-state index is 0.0352. The summed E-state index contributed by atoms with van der Waals surface area (Å²) in [6, 6.07) is 1.86. The molecule has 1 aromatic heterocycles. The van der Waals surface area contributed by atoms with Crippen molar-refractivity contribution in [1.29, 1.82) is 5.26 Å². The highest BCUT2D eigenvalue weighted by Crippen LogP contribution is 1.97. The Morgan fingerprint density at radius 2 is 2.64 bits per heavy atom. The van der Waals surface area contributed by atoms with Crippen molar-refractivity contribution in [1.82, 2.24) is 15.3 Å². The van der Waals surface area contributed by atoms with Crippen molar-refractivity contribution in [3.63, 3.8) is 0 Å². The van der Waals surface area contributed by atoms with Gasteiger partial charge in [0.25, 0.3) is 0 Å². The Hall–Kier alpha value is -2.03. The number of H-pyrrole nitrogens is 1. The van der Waals surface area contributed by atoms with Gasteiger partial charge in [0.1, 0.15) is 11.9 Å². The molecule has 6 heteroatoms. The van der Waals surface area contributed by atoms with Crippen molar-refractivity contribution in [3.05, 3.63) is 17.7 Å². The Labute approximate surface area is 80.9 Å². The van der Waals surface area contributed by atoms with Gasteiger partial charge in [-0.1, -0.05) is 0 Å². The van der Waals surface area contributed by atoms with Crippen LogP contribution in [0.1, 0.15) is 18.4 Å². The van der Waals surface area contributed by atoms with Gasteiger partial charge in [0.05, 0.1) is 0 Å². The minimum Gasteiger partial charge on any atom is -0.441 e. The summed E-state index contributed by atoms with van der Waals surface area (Å²) < 4.78 is 4.77. The fraction of sp³-hybridized carbons (Fsp3) is 0.375. The molecule has 74 valence electrons. The Morgan fingerprint density at radius 1 is 1.86 bits per heavy atom. The highest BCUT2D eigenvalue weighted by molar-refractivity contribution is 5.66. The van der Waals surface area contributed by atoms with Gasteiger partial charge < -0.3 is 15.0 Å². The van der Waals surface area contributed by atoms with Gasteiger partial charge in [0.2, 0.25) is 0 Å². The lowest BCUT2D eigenvalue weighted by molar-refractivity contribution is 0.137. The average molecular weight is 194 g/mol. The third-order valence-corrected chi connectivity index (χ3v) is 1.41. The minimum atomic E-state index is -0.498. The van der Waals surface area contributed by atoms with Gasteiger partial charge in [0, 0.05) is 12.7 Å². The molecule has 0 saturated carbocycles. The zero-order valence-electron chi connectivity index (χ0n) is 7.70. The number of nitrogens with zero attached hydrogens (tertiary/aromatic N) is 2. The highest BCUT2D eigenvalue weighted by Gasteiger charge is 2.03. The molecule has 2 N–H and O–H groups in total. The molecule has 0 aliphatic rings. The lowest BCUT2D eigenvalue weighted by Gasteiger charge is -2.01. The second kappa shape index (κ2) is 4.87. The van der Waals surface area contributed by atoms with E-state index in [-0.39, 0.29) is 12.3 Å². The summed E-state index contributed by atoms with van der Waals surface area (Å²) in [5, 5.41) is 10.9. The van der Waals surface area contributed by atoms with Crippen LogP contribution in [-0.4, -0.2) is 22.6 Å². The smallest absolute Gasteiger partial charge is 0.407 e. The normalized spacial score (nSPS) is 9.14. The monoisotopic (exact) mass is 194 g/mol. The lowest BCUT2D eigenvalue weighted by atomic mass is 10.5. The molecule has 0 spiro atoms. The molecule has 1 heterocycles. The quantitative estimate of drug-likeness (QED) is 0.734. The molecule has 0 aliphatic heterocycles. The van der Waals surface area contributed by atoms with Gasteiger partial charge in [-0.25, -0.2) is 9.78 Å². The molecule has 0 radical (unpaired) electrons. The fourth-order valence-electron chi connectivity index (χ4n) is 0.822. The van der Waals surface area contributed by atoms with Crippen LogP contribution in [0.4, 0.5) is 4.79 Å². The highest BCUT2D eigenvalue weighted by atomic mass is 16.5. The third-order valence-electron chi connectivity index (χ3n) is 1.41. The largest absolute Gasteiger partial charge is 0.441 e. The number of rotatable bonds is 3. The first-order valence-electron chi connectivity index (χ1n) is 4.11. The second-order valence-electron chi connectivity index (χ2n) is 2.45. The maximum atomic E-state index is 10.9. The Balaban J connectivity index is 2.38. The molecule has 0 bridgehead atoms. The number of aromatic nitrogens is 2. The van der Waals surface area contributed by atoms with E-state index in [1.807, 2.05) is 6.07 Å². The van der Waals surface area contributed by atoms with Crippen LogP contribution in [0.5, 0.6) is 0 Å². The number of carbonyl (C=O) groups is 1. The lowest BCUT2D eigenvalue weighted by Crippen LogP contribution is -2.23. The molecular weight excluding hydrogens is 184 g/mol. The summed E-state index contributed by atoms with van der Waals surface area (Å²) in [6.07, 6.45) is 0.957. The molecule has 0 atom stereocenters. The van der Waals surface area contributed by atoms with E-state index in [9.17, 15) is 4.79 Å². The van der Waals surface area contributed by atoms with Gasteiger partial charge in [0.15, 0.2) is 12.3 Å². The summed E-state index contributed by atoms with van der Waals surface area (Å²) in [5.41, 5.74) is 0.277. The first-order chi connectivity index (χ1) is 6.76. The molecule has 1 rings (SSSR count). The summed E-state index contributed by atoms with van der Waals surface area (Å²) >= 11 is 0. The number of carbonyl (C=O) groups excluding carboxylic acids is 1. The number of nitrogens with one attached hydrogen (secondary N) is 2. The molecule has 6 nitrogen and oxygen atoms in total. The number of hydrogen-bond donors (Lipinski definition) is 2. The number of ether oxygens (including phenoxy) is 1. The van der Waals surface area contributed by atoms with E-state index >= 15 is 0 Å². The summed E-state index contributed by atoms with van der Waals surface area (Å²) in [5.74, 6) is 0.452. The Kier molecular flexibility index (Phi) is 3.49. The predicted molar refractivity (Wildman–Crippen MR) is 47.2 cm³/mol. The Bertz CT molecular complexity index is 352. The van der Waals surface area contributed by atoms with Crippen molar-refractivity contribution < 1.29 is 9.53 Å². The summed E-state index contributed by atoms with van der Waals surface area (Å²) in [7, 11) is 0. The van der Waals surface area contributed by atoms with Gasteiger partial charge >= 0.3 is 6.09 Å². The number of amides is 1. The topological polar surface area (TPSA) is 90.8 Å². The molecule has 0 aliphatic carbocycles. The molecule has 0 fully saturated rings. The van der Waals surface area contributed by atoms with Crippen molar-refractivity contribution in [3.8, 4) is 6.07 Å². The van der Waals surface area contributed by atoms with Gasteiger partial charge in [-0.15, -0.1) is 0 Å². The number of aromatic amines is 1. The number of imidazole rings is 1. The SMILES string of the molecule is CCNC(=O)OCc1nc(C#N)c[nH]1.